The molecule has 0 aliphatic carbocycles. The lowest BCUT2D eigenvalue weighted by molar-refractivity contribution is -0.134. The maximum absolute atomic E-state index is 12.2. The van der Waals surface area contributed by atoms with Gasteiger partial charge in [0.15, 0.2) is 0 Å². The van der Waals surface area contributed by atoms with Crippen molar-refractivity contribution in [3.8, 4) is 0 Å². The van der Waals surface area contributed by atoms with Crippen LogP contribution in [0.4, 0.5) is 10.5 Å². The number of anilines is 1. The fourth-order valence-corrected chi connectivity index (χ4v) is 2.69. The molecule has 1 saturated heterocycles. The molecule has 2 N–H and O–H groups in total. The van der Waals surface area contributed by atoms with Crippen LogP contribution in [0.5, 0.6) is 0 Å². The summed E-state index contributed by atoms with van der Waals surface area (Å²) in [6, 6.07) is 7.23. The van der Waals surface area contributed by atoms with Crippen molar-refractivity contribution in [2.75, 3.05) is 31.6 Å². The number of benzene rings is 1. The quantitative estimate of drug-likeness (QED) is 0.746. The van der Waals surface area contributed by atoms with Crippen LogP contribution in [-0.4, -0.2) is 49.2 Å². The van der Waals surface area contributed by atoms with E-state index < -0.39 is 0 Å². The average Bonchev–Trinajstić information content (AvgIpc) is 2.63. The van der Waals surface area contributed by atoms with E-state index in [0.29, 0.717) is 38.4 Å². The van der Waals surface area contributed by atoms with Crippen molar-refractivity contribution in [2.24, 2.45) is 0 Å². The maximum Gasteiger partial charge on any atom is 0.319 e. The van der Waals surface area contributed by atoms with Gasteiger partial charge >= 0.3 is 6.03 Å². The third kappa shape index (κ3) is 6.23. The van der Waals surface area contributed by atoms with E-state index in [2.05, 4.69) is 17.2 Å². The van der Waals surface area contributed by atoms with Gasteiger partial charge in [-0.15, -0.1) is 6.58 Å². The number of carbonyl (C=O) groups excluding carboxylic acids is 2. The van der Waals surface area contributed by atoms with Crippen LogP contribution in [0.15, 0.2) is 36.9 Å². The molecule has 6 heteroatoms. The zero-order valence-corrected chi connectivity index (χ0v) is 14.8. The van der Waals surface area contributed by atoms with Crippen LogP contribution in [0.1, 0.15) is 25.3 Å². The normalized spacial score (nSPS) is 15.3. The number of ether oxygens (including phenoxy) is 1. The summed E-state index contributed by atoms with van der Waals surface area (Å²) in [6.45, 7) is 8.24. The second kappa shape index (κ2) is 9.84. The van der Waals surface area contributed by atoms with E-state index in [1.165, 1.54) is 0 Å². The van der Waals surface area contributed by atoms with Crippen LogP contribution in [-0.2, 0) is 16.0 Å². The summed E-state index contributed by atoms with van der Waals surface area (Å²) in [6.07, 6.45) is 3.76. The molecule has 3 amide bonds. The summed E-state index contributed by atoms with van der Waals surface area (Å²) >= 11 is 0. The van der Waals surface area contributed by atoms with Crippen molar-refractivity contribution in [3.63, 3.8) is 0 Å². The molecule has 0 bridgehead atoms. The van der Waals surface area contributed by atoms with E-state index in [4.69, 9.17) is 4.74 Å². The van der Waals surface area contributed by atoms with Crippen LogP contribution < -0.4 is 10.6 Å². The van der Waals surface area contributed by atoms with Crippen molar-refractivity contribution in [3.05, 3.63) is 42.5 Å². The van der Waals surface area contributed by atoms with Crippen LogP contribution in [0, 0.1) is 0 Å². The molecular weight excluding hydrogens is 318 g/mol. The Bertz CT molecular complexity index is 580. The lowest BCUT2D eigenvalue weighted by Crippen LogP contribution is -2.41. The van der Waals surface area contributed by atoms with Crippen LogP contribution in [0.25, 0.3) is 0 Å². The summed E-state index contributed by atoms with van der Waals surface area (Å²) < 4.78 is 5.26. The van der Waals surface area contributed by atoms with Crippen molar-refractivity contribution >= 4 is 17.6 Å². The number of hydrogen-bond donors (Lipinski definition) is 2. The smallest absolute Gasteiger partial charge is 0.319 e. The molecule has 0 spiro atoms. The topological polar surface area (TPSA) is 70.7 Å². The molecule has 1 aromatic rings. The Morgan fingerprint density at radius 3 is 2.56 bits per heavy atom. The van der Waals surface area contributed by atoms with Gasteiger partial charge in [0.05, 0.1) is 19.6 Å². The van der Waals surface area contributed by atoms with Gasteiger partial charge in [-0.25, -0.2) is 4.79 Å². The van der Waals surface area contributed by atoms with E-state index >= 15 is 0 Å². The molecular formula is C19H27N3O3. The Kier molecular flexibility index (Phi) is 7.47. The van der Waals surface area contributed by atoms with Gasteiger partial charge in [-0.05, 0) is 30.5 Å². The second-order valence-electron chi connectivity index (χ2n) is 6.09. The number of amides is 3. The number of rotatable bonds is 7. The van der Waals surface area contributed by atoms with E-state index in [-0.39, 0.29) is 18.0 Å². The minimum atomic E-state index is -0.231. The Hall–Kier alpha value is -2.34. The summed E-state index contributed by atoms with van der Waals surface area (Å²) in [4.78, 5) is 26.1. The fraction of sp³-hybridized carbons (Fsp3) is 0.474. The molecule has 0 aromatic heterocycles. The number of nitrogens with one attached hydrogen (secondary N) is 2. The zero-order valence-electron chi connectivity index (χ0n) is 14.8. The summed E-state index contributed by atoms with van der Waals surface area (Å²) in [5.41, 5.74) is 1.63. The van der Waals surface area contributed by atoms with Crippen molar-refractivity contribution < 1.29 is 14.3 Å². The van der Waals surface area contributed by atoms with E-state index in [0.717, 1.165) is 18.4 Å². The third-order valence-corrected chi connectivity index (χ3v) is 4.21. The van der Waals surface area contributed by atoms with E-state index in [1.54, 1.807) is 6.08 Å². The first-order valence-electron chi connectivity index (χ1n) is 8.75. The lowest BCUT2D eigenvalue weighted by Gasteiger charge is -2.26. The third-order valence-electron chi connectivity index (χ3n) is 4.21. The number of carbonyl (C=O) groups is 2. The first kappa shape index (κ1) is 19.0. The van der Waals surface area contributed by atoms with Gasteiger partial charge in [0.1, 0.15) is 0 Å². The van der Waals surface area contributed by atoms with Crippen molar-refractivity contribution in [1.82, 2.24) is 10.2 Å². The molecule has 1 heterocycles. The van der Waals surface area contributed by atoms with Gasteiger partial charge in [-0.2, -0.15) is 0 Å². The van der Waals surface area contributed by atoms with Gasteiger partial charge in [-0.1, -0.05) is 25.1 Å². The number of morpholine rings is 1. The minimum absolute atomic E-state index is 0.0860. The van der Waals surface area contributed by atoms with Crippen LogP contribution in [0.2, 0.25) is 0 Å². The van der Waals surface area contributed by atoms with Crippen molar-refractivity contribution in [1.29, 1.82) is 0 Å². The van der Waals surface area contributed by atoms with Gasteiger partial charge in [-0.3, -0.25) is 4.79 Å². The molecule has 1 fully saturated rings. The van der Waals surface area contributed by atoms with E-state index in [9.17, 15) is 9.59 Å². The molecule has 1 aromatic carbocycles. The first-order chi connectivity index (χ1) is 12.1. The van der Waals surface area contributed by atoms with E-state index in [1.807, 2.05) is 36.1 Å². The molecule has 1 aliphatic heterocycles. The Morgan fingerprint density at radius 2 is 1.96 bits per heavy atom. The molecule has 2 rings (SSSR count). The molecule has 1 atom stereocenters. The molecule has 1 aliphatic rings. The minimum Gasteiger partial charge on any atom is -0.378 e. The van der Waals surface area contributed by atoms with Gasteiger partial charge in [0.2, 0.25) is 5.91 Å². The maximum atomic E-state index is 12.2. The molecule has 25 heavy (non-hydrogen) atoms. The average molecular weight is 345 g/mol. The first-order valence-corrected chi connectivity index (χ1v) is 8.75. The fourth-order valence-electron chi connectivity index (χ4n) is 2.69. The highest BCUT2D eigenvalue weighted by atomic mass is 16.5. The monoisotopic (exact) mass is 345 g/mol. The lowest BCUT2D eigenvalue weighted by atomic mass is 10.1. The number of urea groups is 1. The Labute approximate surface area is 149 Å². The highest BCUT2D eigenvalue weighted by Gasteiger charge is 2.17. The largest absolute Gasteiger partial charge is 0.378 e. The predicted molar refractivity (Wildman–Crippen MR) is 98.6 cm³/mol. The van der Waals surface area contributed by atoms with Gasteiger partial charge in [0.25, 0.3) is 0 Å². The molecule has 0 unspecified atom stereocenters. The Morgan fingerprint density at radius 1 is 1.28 bits per heavy atom. The van der Waals surface area contributed by atoms with Crippen molar-refractivity contribution in [2.45, 2.75) is 32.2 Å². The molecule has 0 radical (unpaired) electrons. The van der Waals surface area contributed by atoms with Gasteiger partial charge < -0.3 is 20.3 Å². The molecule has 6 nitrogen and oxygen atoms in total. The van der Waals surface area contributed by atoms with Crippen LogP contribution in [0.3, 0.4) is 0 Å². The standard InChI is InChI=1S/C19H27N3O3/c1-3-5-16(4-2)20-19(24)21-17-8-6-15(7-9-17)14-18(23)22-10-12-25-13-11-22/h3,6-9,16H,1,4-5,10-14H2,2H3,(H2,20,21,24)/t16-/m0/s1. The summed E-state index contributed by atoms with van der Waals surface area (Å²) in [5, 5.41) is 5.72. The number of hydrogen-bond acceptors (Lipinski definition) is 3. The van der Waals surface area contributed by atoms with Crippen LogP contribution >= 0.6 is 0 Å². The summed E-state index contributed by atoms with van der Waals surface area (Å²) in [7, 11) is 0. The second-order valence-corrected chi connectivity index (χ2v) is 6.09. The molecule has 0 saturated carbocycles. The zero-order chi connectivity index (χ0) is 18.1. The SMILES string of the molecule is C=CC[C@H](CC)NC(=O)Nc1ccc(CC(=O)N2CCOCC2)cc1. The predicted octanol–water partition coefficient (Wildman–Crippen LogP) is 2.56. The number of nitrogens with zero attached hydrogens (tertiary/aromatic N) is 1. The summed E-state index contributed by atoms with van der Waals surface area (Å²) in [5.74, 6) is 0.108. The highest BCUT2D eigenvalue weighted by Crippen LogP contribution is 2.12. The Balaban J connectivity index is 1.83. The van der Waals surface area contributed by atoms with Gasteiger partial charge in [0, 0.05) is 24.8 Å². The highest BCUT2D eigenvalue weighted by molar-refractivity contribution is 5.89. The molecule has 136 valence electrons.